The van der Waals surface area contributed by atoms with Gasteiger partial charge in [0.15, 0.2) is 4.91 Å². The Labute approximate surface area is 224 Å². The number of aliphatic hydroxyl groups excluding tert-OH is 1. The summed E-state index contributed by atoms with van der Waals surface area (Å²) in [7, 11) is -2.20. The number of anilines is 1. The molecule has 1 unspecified atom stereocenters. The number of allylic oxidation sites excluding steroid dienone is 1. The molecule has 1 atom stereocenters. The van der Waals surface area contributed by atoms with Gasteiger partial charge in [-0.15, -0.1) is 0 Å². The lowest BCUT2D eigenvalue weighted by Gasteiger charge is -2.26. The fraction of sp³-hybridized carbons (Fsp3) is 0.393. The van der Waals surface area contributed by atoms with Crippen LogP contribution in [0.3, 0.4) is 0 Å². The number of nitriles is 1. The minimum atomic E-state index is -4.03. The Morgan fingerprint density at radius 3 is 2.63 bits per heavy atom. The highest BCUT2D eigenvalue weighted by Crippen LogP contribution is 2.28. The van der Waals surface area contributed by atoms with Gasteiger partial charge < -0.3 is 19.7 Å². The number of aliphatic hydroxyl groups is 1. The molecular weight excluding hydrogens is 502 g/mol. The van der Waals surface area contributed by atoms with Crippen LogP contribution in [0.15, 0.2) is 53.4 Å². The molecule has 1 saturated heterocycles. The summed E-state index contributed by atoms with van der Waals surface area (Å²) in [4.78, 5) is 2.00. The maximum atomic E-state index is 12.6. The number of benzene rings is 2. The first kappa shape index (κ1) is 27.8. The highest BCUT2D eigenvalue weighted by atomic mass is 32.2. The Morgan fingerprint density at radius 1 is 1.16 bits per heavy atom. The summed E-state index contributed by atoms with van der Waals surface area (Å²) in [5, 5.41) is 24.9. The molecule has 202 valence electrons. The summed E-state index contributed by atoms with van der Waals surface area (Å²) in [6.45, 7) is 7.03. The van der Waals surface area contributed by atoms with Crippen molar-refractivity contribution < 1.29 is 18.3 Å². The van der Waals surface area contributed by atoms with Gasteiger partial charge in [0.05, 0.1) is 19.3 Å². The predicted molar refractivity (Wildman–Crippen MR) is 151 cm³/mol. The number of aromatic nitrogens is 1. The van der Waals surface area contributed by atoms with Crippen LogP contribution in [0.5, 0.6) is 0 Å². The second-order valence-corrected chi connectivity index (χ2v) is 11.1. The first-order valence-electron chi connectivity index (χ1n) is 12.8. The van der Waals surface area contributed by atoms with Crippen molar-refractivity contribution in [3.05, 3.63) is 59.1 Å². The lowest BCUT2D eigenvalue weighted by atomic mass is 10.0. The lowest BCUT2D eigenvalue weighted by Crippen LogP contribution is -2.38. The Morgan fingerprint density at radius 2 is 1.89 bits per heavy atom. The molecule has 38 heavy (non-hydrogen) atoms. The van der Waals surface area contributed by atoms with E-state index in [1.807, 2.05) is 23.7 Å². The molecule has 3 N–H and O–H groups in total. The molecule has 0 aliphatic carbocycles. The maximum absolute atomic E-state index is 12.6. The van der Waals surface area contributed by atoms with Crippen molar-refractivity contribution in [2.75, 3.05) is 51.3 Å². The molecule has 1 aliphatic heterocycles. The number of sulfonamides is 1. The summed E-state index contributed by atoms with van der Waals surface area (Å²) >= 11 is 0. The van der Waals surface area contributed by atoms with Crippen molar-refractivity contribution in [1.29, 1.82) is 5.26 Å². The van der Waals surface area contributed by atoms with Crippen molar-refractivity contribution in [2.45, 2.75) is 19.4 Å². The predicted octanol–water partition coefficient (Wildman–Crippen LogP) is 3.14. The van der Waals surface area contributed by atoms with Gasteiger partial charge in [0, 0.05) is 56.8 Å². The third kappa shape index (κ3) is 6.81. The van der Waals surface area contributed by atoms with E-state index in [2.05, 4.69) is 45.3 Å². The first-order valence-corrected chi connectivity index (χ1v) is 14.3. The van der Waals surface area contributed by atoms with E-state index in [-0.39, 0.29) is 6.54 Å². The van der Waals surface area contributed by atoms with Crippen molar-refractivity contribution in [1.82, 2.24) is 14.2 Å². The van der Waals surface area contributed by atoms with E-state index in [4.69, 9.17) is 4.74 Å². The number of nitrogens with zero attached hydrogens (tertiary/aromatic N) is 3. The molecule has 1 fully saturated rings. The first-order chi connectivity index (χ1) is 18.3. The molecule has 3 aromatic rings. The van der Waals surface area contributed by atoms with E-state index < -0.39 is 21.0 Å². The van der Waals surface area contributed by atoms with Crippen LogP contribution in [0, 0.1) is 11.3 Å². The Balaban J connectivity index is 1.48. The molecule has 1 aliphatic rings. The van der Waals surface area contributed by atoms with Crippen LogP contribution in [0.2, 0.25) is 0 Å². The van der Waals surface area contributed by atoms with Crippen molar-refractivity contribution in [2.24, 2.45) is 7.05 Å². The average Bonchev–Trinajstić information content (AvgIpc) is 3.30. The fourth-order valence-corrected chi connectivity index (χ4v) is 5.36. The zero-order chi connectivity index (χ0) is 27.1. The summed E-state index contributed by atoms with van der Waals surface area (Å²) in [6, 6.07) is 18.0. The van der Waals surface area contributed by atoms with Crippen LogP contribution in [0.4, 0.5) is 5.69 Å². The molecule has 4 rings (SSSR count). The second-order valence-electron chi connectivity index (χ2n) is 9.39. The summed E-state index contributed by atoms with van der Waals surface area (Å²) in [5.41, 5.74) is 3.54. The van der Waals surface area contributed by atoms with Crippen LogP contribution in [0.25, 0.3) is 28.1 Å². The largest absolute Gasteiger partial charge is 0.392 e. The number of hydrogen-bond acceptors (Lipinski definition) is 7. The van der Waals surface area contributed by atoms with Crippen molar-refractivity contribution >= 4 is 32.6 Å². The number of hydrogen-bond donors (Lipinski definition) is 3. The normalized spacial score (nSPS) is 15.9. The van der Waals surface area contributed by atoms with E-state index in [0.29, 0.717) is 12.1 Å². The molecule has 0 spiro atoms. The van der Waals surface area contributed by atoms with Gasteiger partial charge in [0.25, 0.3) is 10.0 Å². The van der Waals surface area contributed by atoms with Crippen molar-refractivity contribution in [3.8, 4) is 17.3 Å². The standard InChI is InChI=1S/C28H35N5O4S/c1-3-26(34)20-31-38(35,36)27(19-29)18-25-8-9-28(32(25)2)23-5-4-22-17-24(7-6-21(22)16-23)30-10-11-33-12-14-37-15-13-33/h4-9,16-18,26,30-31,34H,3,10-15,20H2,1-2H3/b27-18+. The van der Waals surface area contributed by atoms with E-state index >= 15 is 0 Å². The van der Waals surface area contributed by atoms with Gasteiger partial charge in [-0.1, -0.05) is 25.1 Å². The number of nitrogens with one attached hydrogen (secondary N) is 2. The van der Waals surface area contributed by atoms with Gasteiger partial charge in [0.2, 0.25) is 0 Å². The van der Waals surface area contributed by atoms with Gasteiger partial charge in [-0.05, 0) is 59.2 Å². The molecule has 0 amide bonds. The van der Waals surface area contributed by atoms with Gasteiger partial charge in [0.1, 0.15) is 6.07 Å². The molecule has 0 bridgehead atoms. The Kier molecular flexibility index (Phi) is 9.20. The molecule has 10 heteroatoms. The molecule has 0 saturated carbocycles. The summed E-state index contributed by atoms with van der Waals surface area (Å²) < 4.78 is 34.7. The minimum Gasteiger partial charge on any atom is -0.392 e. The SMILES string of the molecule is CCC(O)CNS(=O)(=O)/C(C#N)=C/c1ccc(-c2ccc3cc(NCCN4CCOCC4)ccc3c2)n1C. The zero-order valence-corrected chi connectivity index (χ0v) is 22.7. The quantitative estimate of drug-likeness (QED) is 0.322. The zero-order valence-electron chi connectivity index (χ0n) is 21.9. The molecule has 2 heterocycles. The molecule has 1 aromatic heterocycles. The second kappa shape index (κ2) is 12.6. The monoisotopic (exact) mass is 537 g/mol. The van der Waals surface area contributed by atoms with Crippen LogP contribution in [0.1, 0.15) is 19.0 Å². The van der Waals surface area contributed by atoms with Crippen molar-refractivity contribution in [3.63, 3.8) is 0 Å². The number of morpholine rings is 1. The summed E-state index contributed by atoms with van der Waals surface area (Å²) in [6.07, 6.45) is 0.953. The smallest absolute Gasteiger partial charge is 0.250 e. The highest BCUT2D eigenvalue weighted by Gasteiger charge is 2.19. The van der Waals surface area contributed by atoms with Gasteiger partial charge in [-0.25, -0.2) is 13.1 Å². The van der Waals surface area contributed by atoms with Crippen LogP contribution < -0.4 is 10.0 Å². The van der Waals surface area contributed by atoms with E-state index in [1.54, 1.807) is 19.1 Å². The van der Waals surface area contributed by atoms with Crippen LogP contribution >= 0.6 is 0 Å². The molecule has 2 aromatic carbocycles. The number of rotatable bonds is 11. The Bertz CT molecular complexity index is 1440. The van der Waals surface area contributed by atoms with Gasteiger partial charge in [-0.3, -0.25) is 4.90 Å². The Hall–Kier alpha value is -3.20. The van der Waals surface area contributed by atoms with E-state index in [0.717, 1.165) is 67.1 Å². The fourth-order valence-electron chi connectivity index (χ4n) is 4.39. The number of ether oxygens (including phenoxy) is 1. The lowest BCUT2D eigenvalue weighted by molar-refractivity contribution is 0.0398. The molecule has 0 radical (unpaired) electrons. The van der Waals surface area contributed by atoms with E-state index in [9.17, 15) is 18.8 Å². The van der Waals surface area contributed by atoms with E-state index in [1.165, 1.54) is 6.08 Å². The minimum absolute atomic E-state index is 0.140. The van der Waals surface area contributed by atoms with Crippen LogP contribution in [-0.4, -0.2) is 75.0 Å². The third-order valence-electron chi connectivity index (χ3n) is 6.82. The highest BCUT2D eigenvalue weighted by molar-refractivity contribution is 7.93. The van der Waals surface area contributed by atoms with Gasteiger partial charge in [-0.2, -0.15) is 5.26 Å². The third-order valence-corrected chi connectivity index (χ3v) is 8.15. The molecule has 9 nitrogen and oxygen atoms in total. The molecular formula is C28H35N5O4S. The maximum Gasteiger partial charge on any atom is 0.250 e. The number of fused-ring (bicyclic) bond motifs is 1. The summed E-state index contributed by atoms with van der Waals surface area (Å²) in [5.74, 6) is 0. The topological polar surface area (TPSA) is 120 Å². The van der Waals surface area contributed by atoms with Gasteiger partial charge >= 0.3 is 0 Å². The van der Waals surface area contributed by atoms with Crippen LogP contribution in [-0.2, 0) is 21.8 Å². The average molecular weight is 538 g/mol.